The summed E-state index contributed by atoms with van der Waals surface area (Å²) in [6.07, 6.45) is 3.97. The van der Waals surface area contributed by atoms with Crippen LogP contribution in [-0.2, 0) is 0 Å². The Labute approximate surface area is 115 Å². The molecule has 1 amide bonds. The summed E-state index contributed by atoms with van der Waals surface area (Å²) in [6.45, 7) is 3.62. The fraction of sp³-hybridized carbons (Fsp3) is 0.462. The van der Waals surface area contributed by atoms with Gasteiger partial charge in [0.1, 0.15) is 5.69 Å². The van der Waals surface area contributed by atoms with E-state index >= 15 is 0 Å². The van der Waals surface area contributed by atoms with Gasteiger partial charge in [-0.2, -0.15) is 5.10 Å². The number of carbonyl (C=O) groups excluding carboxylic acids is 1. The number of aryl methyl sites for hydroxylation is 1. The van der Waals surface area contributed by atoms with Crippen LogP contribution >= 0.6 is 11.3 Å². The summed E-state index contributed by atoms with van der Waals surface area (Å²) >= 11 is 1.46. The number of aromatic nitrogens is 3. The SMILES string of the molecule is Cc1cn[nH]c1[C@H]1CCCN(C(=O)c2cscn2)C1. The highest BCUT2D eigenvalue weighted by Gasteiger charge is 2.27. The maximum Gasteiger partial charge on any atom is 0.273 e. The zero-order valence-corrected chi connectivity index (χ0v) is 11.6. The van der Waals surface area contributed by atoms with Gasteiger partial charge in [-0.15, -0.1) is 11.3 Å². The lowest BCUT2D eigenvalue weighted by Crippen LogP contribution is -2.39. The summed E-state index contributed by atoms with van der Waals surface area (Å²) in [6, 6.07) is 0. The quantitative estimate of drug-likeness (QED) is 0.914. The Bertz CT molecular complexity index is 563. The van der Waals surface area contributed by atoms with Gasteiger partial charge in [0.05, 0.1) is 11.7 Å². The predicted molar refractivity (Wildman–Crippen MR) is 73.3 cm³/mol. The lowest BCUT2D eigenvalue weighted by atomic mass is 9.93. The molecule has 1 atom stereocenters. The number of amides is 1. The van der Waals surface area contributed by atoms with Crippen molar-refractivity contribution >= 4 is 17.2 Å². The Morgan fingerprint density at radius 2 is 2.47 bits per heavy atom. The van der Waals surface area contributed by atoms with Crippen LogP contribution in [0.25, 0.3) is 0 Å². The van der Waals surface area contributed by atoms with E-state index in [2.05, 4.69) is 22.1 Å². The number of rotatable bonds is 2. The zero-order valence-electron chi connectivity index (χ0n) is 10.8. The van der Waals surface area contributed by atoms with Crippen molar-refractivity contribution in [2.24, 2.45) is 0 Å². The number of nitrogens with one attached hydrogen (secondary N) is 1. The normalized spacial score (nSPS) is 19.6. The molecular weight excluding hydrogens is 260 g/mol. The van der Waals surface area contributed by atoms with E-state index in [1.54, 1.807) is 5.51 Å². The van der Waals surface area contributed by atoms with E-state index in [4.69, 9.17) is 0 Å². The third-order valence-corrected chi connectivity index (χ3v) is 4.22. The molecule has 5 nitrogen and oxygen atoms in total. The highest BCUT2D eigenvalue weighted by molar-refractivity contribution is 7.07. The molecule has 100 valence electrons. The molecule has 0 aliphatic carbocycles. The number of nitrogens with zero attached hydrogens (tertiary/aromatic N) is 3. The Hall–Kier alpha value is -1.69. The van der Waals surface area contributed by atoms with Gasteiger partial charge in [-0.05, 0) is 25.3 Å². The second-order valence-electron chi connectivity index (χ2n) is 4.93. The molecule has 0 unspecified atom stereocenters. The van der Waals surface area contributed by atoms with Gasteiger partial charge in [0, 0.05) is 30.1 Å². The van der Waals surface area contributed by atoms with Gasteiger partial charge in [0.25, 0.3) is 5.91 Å². The van der Waals surface area contributed by atoms with E-state index in [1.807, 2.05) is 16.5 Å². The van der Waals surface area contributed by atoms with Gasteiger partial charge in [-0.1, -0.05) is 0 Å². The average molecular weight is 276 g/mol. The number of hydrogen-bond acceptors (Lipinski definition) is 4. The number of piperidine rings is 1. The van der Waals surface area contributed by atoms with Gasteiger partial charge in [-0.3, -0.25) is 9.89 Å². The van der Waals surface area contributed by atoms with Gasteiger partial charge in [0.15, 0.2) is 0 Å². The van der Waals surface area contributed by atoms with Crippen molar-refractivity contribution in [3.05, 3.63) is 34.0 Å². The third kappa shape index (κ3) is 2.40. The predicted octanol–water partition coefficient (Wildman–Crippen LogP) is 2.19. The van der Waals surface area contributed by atoms with Gasteiger partial charge in [0.2, 0.25) is 0 Å². The molecule has 3 rings (SSSR count). The molecule has 2 aromatic heterocycles. The number of likely N-dealkylation sites (tertiary alicyclic amines) is 1. The molecule has 1 saturated heterocycles. The van der Waals surface area contributed by atoms with Crippen LogP contribution in [0.2, 0.25) is 0 Å². The number of aromatic amines is 1. The second kappa shape index (κ2) is 5.13. The Balaban J connectivity index is 1.75. The molecule has 1 fully saturated rings. The Kier molecular flexibility index (Phi) is 3.33. The highest BCUT2D eigenvalue weighted by atomic mass is 32.1. The van der Waals surface area contributed by atoms with Crippen molar-refractivity contribution in [3.8, 4) is 0 Å². The Morgan fingerprint density at radius 3 is 3.16 bits per heavy atom. The minimum Gasteiger partial charge on any atom is -0.337 e. The van der Waals surface area contributed by atoms with E-state index < -0.39 is 0 Å². The summed E-state index contributed by atoms with van der Waals surface area (Å²) < 4.78 is 0. The van der Waals surface area contributed by atoms with Crippen molar-refractivity contribution in [3.63, 3.8) is 0 Å². The van der Waals surface area contributed by atoms with Crippen LogP contribution < -0.4 is 0 Å². The minimum absolute atomic E-state index is 0.0446. The molecule has 0 saturated carbocycles. The first-order chi connectivity index (χ1) is 9.25. The molecule has 6 heteroatoms. The maximum atomic E-state index is 12.3. The van der Waals surface area contributed by atoms with Crippen LogP contribution in [0.3, 0.4) is 0 Å². The van der Waals surface area contributed by atoms with Gasteiger partial charge < -0.3 is 4.90 Å². The first-order valence-electron chi connectivity index (χ1n) is 6.43. The summed E-state index contributed by atoms with van der Waals surface area (Å²) in [5.41, 5.74) is 4.60. The van der Waals surface area contributed by atoms with Crippen LogP contribution in [0.15, 0.2) is 17.1 Å². The number of hydrogen-bond donors (Lipinski definition) is 1. The first kappa shape index (κ1) is 12.3. The van der Waals surface area contributed by atoms with Crippen LogP contribution in [0.5, 0.6) is 0 Å². The van der Waals surface area contributed by atoms with E-state index in [0.29, 0.717) is 11.6 Å². The molecule has 1 aliphatic heterocycles. The molecule has 1 N–H and O–H groups in total. The molecule has 19 heavy (non-hydrogen) atoms. The lowest BCUT2D eigenvalue weighted by molar-refractivity contribution is 0.0700. The van der Waals surface area contributed by atoms with E-state index in [0.717, 1.165) is 31.6 Å². The smallest absolute Gasteiger partial charge is 0.273 e. The van der Waals surface area contributed by atoms with Crippen molar-refractivity contribution in [1.82, 2.24) is 20.1 Å². The molecule has 2 aromatic rings. The average Bonchev–Trinajstić information content (AvgIpc) is 3.09. The number of thiazole rings is 1. The fourth-order valence-electron chi connectivity index (χ4n) is 2.65. The lowest BCUT2D eigenvalue weighted by Gasteiger charge is -2.32. The van der Waals surface area contributed by atoms with Crippen molar-refractivity contribution in [2.45, 2.75) is 25.7 Å². The van der Waals surface area contributed by atoms with E-state index in [9.17, 15) is 4.79 Å². The van der Waals surface area contributed by atoms with Crippen LogP contribution in [0.1, 0.15) is 40.5 Å². The fourth-order valence-corrected chi connectivity index (χ4v) is 3.17. The zero-order chi connectivity index (χ0) is 13.2. The molecule has 1 aliphatic rings. The summed E-state index contributed by atoms with van der Waals surface area (Å²) in [5.74, 6) is 0.405. The molecular formula is C13H16N4OS. The monoisotopic (exact) mass is 276 g/mol. The summed E-state index contributed by atoms with van der Waals surface area (Å²) in [4.78, 5) is 18.3. The van der Waals surface area contributed by atoms with Gasteiger partial charge in [-0.25, -0.2) is 4.98 Å². The molecule has 0 radical (unpaired) electrons. The van der Waals surface area contributed by atoms with Gasteiger partial charge >= 0.3 is 0 Å². The molecule has 0 spiro atoms. The maximum absolute atomic E-state index is 12.3. The third-order valence-electron chi connectivity index (χ3n) is 3.64. The minimum atomic E-state index is 0.0446. The second-order valence-corrected chi connectivity index (χ2v) is 5.65. The van der Waals surface area contributed by atoms with E-state index in [-0.39, 0.29) is 5.91 Å². The summed E-state index contributed by atoms with van der Waals surface area (Å²) in [7, 11) is 0. The van der Waals surface area contributed by atoms with Crippen molar-refractivity contribution in [2.75, 3.05) is 13.1 Å². The first-order valence-corrected chi connectivity index (χ1v) is 7.37. The van der Waals surface area contributed by atoms with Crippen LogP contribution in [0, 0.1) is 6.92 Å². The van der Waals surface area contributed by atoms with Crippen molar-refractivity contribution < 1.29 is 4.79 Å². The summed E-state index contributed by atoms with van der Waals surface area (Å²) in [5, 5.41) is 8.96. The number of carbonyl (C=O) groups is 1. The van der Waals surface area contributed by atoms with Crippen LogP contribution in [0.4, 0.5) is 0 Å². The van der Waals surface area contributed by atoms with Crippen LogP contribution in [-0.4, -0.2) is 39.1 Å². The largest absolute Gasteiger partial charge is 0.337 e. The molecule has 3 heterocycles. The van der Waals surface area contributed by atoms with Crippen molar-refractivity contribution in [1.29, 1.82) is 0 Å². The highest BCUT2D eigenvalue weighted by Crippen LogP contribution is 2.28. The Morgan fingerprint density at radius 1 is 1.58 bits per heavy atom. The van der Waals surface area contributed by atoms with E-state index in [1.165, 1.54) is 16.9 Å². The standard InChI is InChI=1S/C13H16N4OS/c1-9-5-15-16-12(9)10-3-2-4-17(6-10)13(18)11-7-19-8-14-11/h5,7-8,10H,2-4,6H2,1H3,(H,15,16)/t10-/m0/s1. The molecule has 0 aromatic carbocycles. The number of H-pyrrole nitrogens is 1. The topological polar surface area (TPSA) is 61.9 Å². The molecule has 0 bridgehead atoms.